The Hall–Kier alpha value is -1.06. The first-order chi connectivity index (χ1) is 8.56. The molecule has 18 heavy (non-hydrogen) atoms. The van der Waals surface area contributed by atoms with Gasteiger partial charge in [0.25, 0.3) is 0 Å². The molecule has 0 aromatic rings. The number of unbranched alkanes of at least 4 members (excludes halogenated alkanes) is 2. The molecule has 4 nitrogen and oxygen atoms in total. The molecule has 0 aromatic carbocycles. The van der Waals surface area contributed by atoms with E-state index in [4.69, 9.17) is 9.47 Å². The third-order valence-corrected chi connectivity index (χ3v) is 2.37. The molecule has 4 heteroatoms. The molecule has 0 saturated heterocycles. The second-order valence-electron chi connectivity index (χ2n) is 4.85. The highest BCUT2D eigenvalue weighted by Gasteiger charge is 2.06. The Kier molecular flexibility index (Phi) is 10.4. The van der Waals surface area contributed by atoms with Crippen molar-refractivity contribution in [1.29, 1.82) is 0 Å². The van der Waals surface area contributed by atoms with E-state index in [1.165, 1.54) is 0 Å². The quantitative estimate of drug-likeness (QED) is 0.446. The second-order valence-corrected chi connectivity index (χ2v) is 4.85. The van der Waals surface area contributed by atoms with Crippen molar-refractivity contribution in [2.45, 2.75) is 59.3 Å². The van der Waals surface area contributed by atoms with Crippen LogP contribution in [-0.2, 0) is 19.1 Å². The van der Waals surface area contributed by atoms with Crippen LogP contribution in [0.4, 0.5) is 0 Å². The molecular formula is C14H26O4. The minimum Gasteiger partial charge on any atom is -0.466 e. The maximum absolute atomic E-state index is 11.2. The van der Waals surface area contributed by atoms with Gasteiger partial charge in [0.1, 0.15) is 0 Å². The molecular weight excluding hydrogens is 232 g/mol. The molecule has 0 saturated carbocycles. The topological polar surface area (TPSA) is 52.6 Å². The first-order valence-corrected chi connectivity index (χ1v) is 6.87. The third-order valence-electron chi connectivity index (χ3n) is 2.37. The standard InChI is InChI=1S/C14H26O4/c1-4-5-9-17-13(15)8-6-7-10-18-14(16)11-12(2)3/h12H,4-11H2,1-3H3. The summed E-state index contributed by atoms with van der Waals surface area (Å²) in [6.07, 6.45) is 4.23. The van der Waals surface area contributed by atoms with Gasteiger partial charge in [0.15, 0.2) is 0 Å². The van der Waals surface area contributed by atoms with Crippen molar-refractivity contribution in [3.63, 3.8) is 0 Å². The van der Waals surface area contributed by atoms with Crippen LogP contribution in [0.5, 0.6) is 0 Å². The molecule has 0 fully saturated rings. The van der Waals surface area contributed by atoms with E-state index in [1.54, 1.807) is 0 Å². The van der Waals surface area contributed by atoms with E-state index >= 15 is 0 Å². The molecule has 0 aliphatic carbocycles. The van der Waals surface area contributed by atoms with Crippen LogP contribution in [0, 0.1) is 5.92 Å². The van der Waals surface area contributed by atoms with Gasteiger partial charge in [-0.3, -0.25) is 9.59 Å². The lowest BCUT2D eigenvalue weighted by molar-refractivity contribution is -0.144. The van der Waals surface area contributed by atoms with E-state index < -0.39 is 0 Å². The van der Waals surface area contributed by atoms with Crippen molar-refractivity contribution in [3.8, 4) is 0 Å². The summed E-state index contributed by atoms with van der Waals surface area (Å²) >= 11 is 0. The monoisotopic (exact) mass is 258 g/mol. The van der Waals surface area contributed by atoms with Crippen LogP contribution in [0.2, 0.25) is 0 Å². The van der Waals surface area contributed by atoms with Gasteiger partial charge in [-0.25, -0.2) is 0 Å². The molecule has 0 bridgehead atoms. The summed E-state index contributed by atoms with van der Waals surface area (Å²) < 4.78 is 10.1. The van der Waals surface area contributed by atoms with E-state index in [2.05, 4.69) is 6.92 Å². The van der Waals surface area contributed by atoms with E-state index in [1.807, 2.05) is 13.8 Å². The minimum absolute atomic E-state index is 0.156. The van der Waals surface area contributed by atoms with Gasteiger partial charge in [-0.1, -0.05) is 27.2 Å². The van der Waals surface area contributed by atoms with Crippen molar-refractivity contribution in [2.24, 2.45) is 5.92 Å². The molecule has 0 radical (unpaired) electrons. The van der Waals surface area contributed by atoms with Gasteiger partial charge in [-0.05, 0) is 25.2 Å². The summed E-state index contributed by atoms with van der Waals surface area (Å²) in [5, 5.41) is 0. The molecule has 0 N–H and O–H groups in total. The molecule has 0 heterocycles. The fourth-order valence-electron chi connectivity index (χ4n) is 1.35. The Labute approximate surface area is 110 Å². The Morgan fingerprint density at radius 2 is 1.56 bits per heavy atom. The van der Waals surface area contributed by atoms with E-state index in [0.29, 0.717) is 44.8 Å². The highest BCUT2D eigenvalue weighted by Crippen LogP contribution is 2.03. The molecule has 0 atom stereocenters. The predicted molar refractivity (Wildman–Crippen MR) is 70.1 cm³/mol. The van der Waals surface area contributed by atoms with Crippen LogP contribution in [-0.4, -0.2) is 25.2 Å². The molecule has 0 aliphatic heterocycles. The van der Waals surface area contributed by atoms with Gasteiger partial charge in [0.05, 0.1) is 13.2 Å². The first kappa shape index (κ1) is 16.9. The Bertz CT molecular complexity index is 236. The Balaban J connectivity index is 3.34. The fraction of sp³-hybridized carbons (Fsp3) is 0.857. The smallest absolute Gasteiger partial charge is 0.306 e. The zero-order valence-corrected chi connectivity index (χ0v) is 11.9. The summed E-state index contributed by atoms with van der Waals surface area (Å²) in [5.74, 6) is 0.0125. The lowest BCUT2D eigenvalue weighted by atomic mass is 10.1. The van der Waals surface area contributed by atoms with Gasteiger partial charge in [-0.15, -0.1) is 0 Å². The zero-order chi connectivity index (χ0) is 13.8. The molecule has 0 unspecified atom stereocenters. The van der Waals surface area contributed by atoms with Gasteiger partial charge in [0, 0.05) is 12.8 Å². The van der Waals surface area contributed by atoms with Crippen molar-refractivity contribution >= 4 is 11.9 Å². The predicted octanol–water partition coefficient (Wildman–Crippen LogP) is 3.09. The van der Waals surface area contributed by atoms with E-state index in [0.717, 1.165) is 12.8 Å². The number of rotatable bonds is 10. The molecule has 0 aliphatic rings. The second kappa shape index (κ2) is 11.1. The minimum atomic E-state index is -0.157. The van der Waals surface area contributed by atoms with Crippen LogP contribution >= 0.6 is 0 Å². The van der Waals surface area contributed by atoms with Crippen molar-refractivity contribution < 1.29 is 19.1 Å². The first-order valence-electron chi connectivity index (χ1n) is 6.87. The number of carbonyl (C=O) groups excluding carboxylic acids is 2. The van der Waals surface area contributed by atoms with Crippen LogP contribution in [0.1, 0.15) is 59.3 Å². The van der Waals surface area contributed by atoms with Gasteiger partial charge in [0.2, 0.25) is 0 Å². The average molecular weight is 258 g/mol. The zero-order valence-electron chi connectivity index (χ0n) is 11.9. The lowest BCUT2D eigenvalue weighted by Gasteiger charge is -2.06. The number of hydrogen-bond donors (Lipinski definition) is 0. The summed E-state index contributed by atoms with van der Waals surface area (Å²) in [6.45, 7) is 6.92. The highest BCUT2D eigenvalue weighted by atomic mass is 16.5. The number of carbonyl (C=O) groups is 2. The van der Waals surface area contributed by atoms with Crippen LogP contribution in [0.15, 0.2) is 0 Å². The third kappa shape index (κ3) is 11.4. The summed E-state index contributed by atoms with van der Waals surface area (Å²) in [4.78, 5) is 22.4. The van der Waals surface area contributed by atoms with E-state index in [9.17, 15) is 9.59 Å². The summed E-state index contributed by atoms with van der Waals surface area (Å²) in [7, 11) is 0. The van der Waals surface area contributed by atoms with Crippen molar-refractivity contribution in [1.82, 2.24) is 0 Å². The van der Waals surface area contributed by atoms with E-state index in [-0.39, 0.29) is 11.9 Å². The number of hydrogen-bond acceptors (Lipinski definition) is 4. The molecule has 0 amide bonds. The average Bonchev–Trinajstić information content (AvgIpc) is 2.28. The van der Waals surface area contributed by atoms with Gasteiger partial charge >= 0.3 is 11.9 Å². The van der Waals surface area contributed by atoms with Crippen LogP contribution in [0.3, 0.4) is 0 Å². The molecule has 106 valence electrons. The molecule has 0 aromatic heterocycles. The van der Waals surface area contributed by atoms with Gasteiger partial charge in [-0.2, -0.15) is 0 Å². The van der Waals surface area contributed by atoms with Crippen molar-refractivity contribution in [2.75, 3.05) is 13.2 Å². The summed E-state index contributed by atoms with van der Waals surface area (Å²) in [5.41, 5.74) is 0. The summed E-state index contributed by atoms with van der Waals surface area (Å²) in [6, 6.07) is 0. The molecule has 0 spiro atoms. The normalized spacial score (nSPS) is 10.4. The highest BCUT2D eigenvalue weighted by molar-refractivity contribution is 5.69. The lowest BCUT2D eigenvalue weighted by Crippen LogP contribution is -2.10. The van der Waals surface area contributed by atoms with Crippen LogP contribution in [0.25, 0.3) is 0 Å². The maximum atomic E-state index is 11.2. The van der Waals surface area contributed by atoms with Crippen LogP contribution < -0.4 is 0 Å². The largest absolute Gasteiger partial charge is 0.466 e. The van der Waals surface area contributed by atoms with Crippen molar-refractivity contribution in [3.05, 3.63) is 0 Å². The Morgan fingerprint density at radius 1 is 0.944 bits per heavy atom. The maximum Gasteiger partial charge on any atom is 0.306 e. The SMILES string of the molecule is CCCCOC(=O)CCCCOC(=O)CC(C)C. The van der Waals surface area contributed by atoms with Gasteiger partial charge < -0.3 is 9.47 Å². The Morgan fingerprint density at radius 3 is 2.17 bits per heavy atom. The molecule has 0 rings (SSSR count). The fourth-order valence-corrected chi connectivity index (χ4v) is 1.35. The number of esters is 2. The number of ether oxygens (including phenoxy) is 2.